The van der Waals surface area contributed by atoms with Crippen molar-refractivity contribution in [1.29, 1.82) is 0 Å². The maximum Gasteiger partial charge on any atom is 0.0897 e. The molecule has 0 spiro atoms. The summed E-state index contributed by atoms with van der Waals surface area (Å²) >= 11 is 1.75. The first-order chi connectivity index (χ1) is 7.78. The first-order valence-corrected chi connectivity index (χ1v) is 6.99. The number of hydrogen-bond acceptors (Lipinski definition) is 4. The molecule has 2 N–H and O–H groups in total. The molecule has 1 aliphatic heterocycles. The van der Waals surface area contributed by atoms with E-state index in [4.69, 9.17) is 5.73 Å². The van der Waals surface area contributed by atoms with E-state index in [2.05, 4.69) is 22.2 Å². The Kier molecular flexibility index (Phi) is 4.32. The summed E-state index contributed by atoms with van der Waals surface area (Å²) in [5.74, 6) is 0.804. The number of piperidine rings is 1. The van der Waals surface area contributed by atoms with Gasteiger partial charge in [-0.25, -0.2) is 4.98 Å². The molecule has 1 fully saturated rings. The molecule has 0 aromatic carbocycles. The van der Waals surface area contributed by atoms with Crippen molar-refractivity contribution in [2.75, 3.05) is 19.6 Å². The Morgan fingerprint density at radius 2 is 2.50 bits per heavy atom. The van der Waals surface area contributed by atoms with Crippen LogP contribution >= 0.6 is 11.3 Å². The van der Waals surface area contributed by atoms with E-state index in [0.717, 1.165) is 19.0 Å². The van der Waals surface area contributed by atoms with Gasteiger partial charge in [0, 0.05) is 18.5 Å². The van der Waals surface area contributed by atoms with Crippen LogP contribution in [0.15, 0.2) is 5.38 Å². The van der Waals surface area contributed by atoms with E-state index >= 15 is 0 Å². The number of rotatable bonds is 4. The summed E-state index contributed by atoms with van der Waals surface area (Å²) in [5, 5.41) is 3.35. The summed E-state index contributed by atoms with van der Waals surface area (Å²) in [7, 11) is 0. The number of nitrogens with two attached hydrogens (primary N) is 1. The molecule has 4 heteroatoms. The topological polar surface area (TPSA) is 42.2 Å². The third-order valence-electron chi connectivity index (χ3n) is 3.23. The molecule has 2 heterocycles. The minimum atomic E-state index is 0.804. The van der Waals surface area contributed by atoms with Gasteiger partial charge in [-0.3, -0.25) is 4.90 Å². The van der Waals surface area contributed by atoms with E-state index < -0.39 is 0 Å². The second kappa shape index (κ2) is 5.75. The van der Waals surface area contributed by atoms with Gasteiger partial charge >= 0.3 is 0 Å². The van der Waals surface area contributed by atoms with Gasteiger partial charge in [-0.05, 0) is 45.2 Å². The van der Waals surface area contributed by atoms with Crippen molar-refractivity contribution in [3.8, 4) is 0 Å². The first-order valence-electron chi connectivity index (χ1n) is 6.11. The van der Waals surface area contributed by atoms with Crippen molar-refractivity contribution in [1.82, 2.24) is 9.88 Å². The quantitative estimate of drug-likeness (QED) is 0.874. The van der Waals surface area contributed by atoms with Gasteiger partial charge < -0.3 is 5.73 Å². The average molecular weight is 239 g/mol. The highest BCUT2D eigenvalue weighted by molar-refractivity contribution is 7.09. The van der Waals surface area contributed by atoms with E-state index in [-0.39, 0.29) is 0 Å². The van der Waals surface area contributed by atoms with Crippen LogP contribution in [-0.4, -0.2) is 29.5 Å². The van der Waals surface area contributed by atoms with Crippen molar-refractivity contribution in [3.05, 3.63) is 16.1 Å². The molecule has 0 saturated carbocycles. The van der Waals surface area contributed by atoms with E-state index in [1.165, 1.54) is 43.1 Å². The third kappa shape index (κ3) is 3.27. The normalized spacial score (nSPS) is 22.5. The molecule has 1 aliphatic rings. The molecule has 3 nitrogen and oxygen atoms in total. The van der Waals surface area contributed by atoms with E-state index in [1.54, 1.807) is 11.3 Å². The third-order valence-corrected chi connectivity index (χ3v) is 4.05. The SMILES string of the molecule is Cc1nc(CN2CCCC(CCN)C2)cs1. The van der Waals surface area contributed by atoms with Crippen LogP contribution in [0.3, 0.4) is 0 Å². The first kappa shape index (κ1) is 12.0. The van der Waals surface area contributed by atoms with Gasteiger partial charge in [0.1, 0.15) is 0 Å². The maximum absolute atomic E-state index is 5.63. The lowest BCUT2D eigenvalue weighted by atomic mass is 9.95. The number of aryl methyl sites for hydroxylation is 1. The lowest BCUT2D eigenvalue weighted by Crippen LogP contribution is -2.35. The van der Waals surface area contributed by atoms with Crippen LogP contribution in [-0.2, 0) is 6.54 Å². The second-order valence-electron chi connectivity index (χ2n) is 4.68. The van der Waals surface area contributed by atoms with Gasteiger partial charge in [-0.1, -0.05) is 0 Å². The van der Waals surface area contributed by atoms with Crippen LogP contribution in [0.1, 0.15) is 30.0 Å². The Morgan fingerprint density at radius 3 is 3.19 bits per heavy atom. The molecular weight excluding hydrogens is 218 g/mol. The molecule has 2 rings (SSSR count). The van der Waals surface area contributed by atoms with Gasteiger partial charge in [0.2, 0.25) is 0 Å². The van der Waals surface area contributed by atoms with Crippen LogP contribution in [0.5, 0.6) is 0 Å². The molecule has 1 aromatic heterocycles. The van der Waals surface area contributed by atoms with E-state index in [0.29, 0.717) is 0 Å². The van der Waals surface area contributed by atoms with E-state index in [1.807, 2.05) is 0 Å². The van der Waals surface area contributed by atoms with Crippen LogP contribution < -0.4 is 5.73 Å². The highest BCUT2D eigenvalue weighted by Crippen LogP contribution is 2.21. The number of nitrogens with zero attached hydrogens (tertiary/aromatic N) is 2. The smallest absolute Gasteiger partial charge is 0.0897 e. The summed E-state index contributed by atoms with van der Waals surface area (Å²) in [4.78, 5) is 7.05. The van der Waals surface area contributed by atoms with Crippen LogP contribution in [0, 0.1) is 12.8 Å². The molecule has 1 atom stereocenters. The Morgan fingerprint density at radius 1 is 1.62 bits per heavy atom. The van der Waals surface area contributed by atoms with Crippen molar-refractivity contribution in [2.45, 2.75) is 32.7 Å². The zero-order valence-corrected chi connectivity index (χ0v) is 10.8. The van der Waals surface area contributed by atoms with Crippen molar-refractivity contribution < 1.29 is 0 Å². The van der Waals surface area contributed by atoms with Crippen molar-refractivity contribution in [3.63, 3.8) is 0 Å². The molecular formula is C12H21N3S. The largest absolute Gasteiger partial charge is 0.330 e. The molecule has 1 unspecified atom stereocenters. The Balaban J connectivity index is 1.85. The van der Waals surface area contributed by atoms with Gasteiger partial charge in [-0.2, -0.15) is 0 Å². The maximum atomic E-state index is 5.63. The van der Waals surface area contributed by atoms with Gasteiger partial charge in [0.05, 0.1) is 10.7 Å². The highest BCUT2D eigenvalue weighted by Gasteiger charge is 2.19. The predicted molar refractivity (Wildman–Crippen MR) is 68.5 cm³/mol. The lowest BCUT2D eigenvalue weighted by Gasteiger charge is -2.32. The zero-order chi connectivity index (χ0) is 11.4. The van der Waals surface area contributed by atoms with Crippen molar-refractivity contribution in [2.24, 2.45) is 11.7 Å². The monoisotopic (exact) mass is 239 g/mol. The lowest BCUT2D eigenvalue weighted by molar-refractivity contribution is 0.161. The summed E-state index contributed by atoms with van der Waals surface area (Å²) in [5.41, 5.74) is 6.86. The summed E-state index contributed by atoms with van der Waals surface area (Å²) in [6.07, 6.45) is 3.84. The van der Waals surface area contributed by atoms with Gasteiger partial charge in [0.15, 0.2) is 0 Å². The number of aromatic nitrogens is 1. The van der Waals surface area contributed by atoms with Crippen LogP contribution in [0.25, 0.3) is 0 Å². The molecule has 1 aromatic rings. The fraction of sp³-hybridized carbons (Fsp3) is 0.750. The second-order valence-corrected chi connectivity index (χ2v) is 5.74. The molecule has 0 bridgehead atoms. The summed E-state index contributed by atoms with van der Waals surface area (Å²) < 4.78 is 0. The Bertz CT molecular complexity index is 322. The highest BCUT2D eigenvalue weighted by atomic mass is 32.1. The van der Waals surface area contributed by atoms with Gasteiger partial charge in [0.25, 0.3) is 0 Å². The number of hydrogen-bond donors (Lipinski definition) is 1. The Labute approximate surface area is 102 Å². The van der Waals surface area contributed by atoms with E-state index in [9.17, 15) is 0 Å². The molecule has 90 valence electrons. The summed E-state index contributed by atoms with van der Waals surface area (Å²) in [6, 6.07) is 0. The minimum Gasteiger partial charge on any atom is -0.330 e. The minimum absolute atomic E-state index is 0.804. The molecule has 1 saturated heterocycles. The molecule has 16 heavy (non-hydrogen) atoms. The fourth-order valence-corrected chi connectivity index (χ4v) is 3.08. The Hall–Kier alpha value is -0.450. The van der Waals surface area contributed by atoms with Crippen molar-refractivity contribution >= 4 is 11.3 Å². The number of thiazole rings is 1. The van der Waals surface area contributed by atoms with Crippen LogP contribution in [0.4, 0.5) is 0 Å². The predicted octanol–water partition coefficient (Wildman–Crippen LogP) is 2.01. The standard InChI is InChI=1S/C12H21N3S/c1-10-14-12(9-16-10)8-15-6-2-3-11(7-15)4-5-13/h9,11H,2-8,13H2,1H3. The fourth-order valence-electron chi connectivity index (χ4n) is 2.48. The summed E-state index contributed by atoms with van der Waals surface area (Å²) in [6.45, 7) is 6.34. The van der Waals surface area contributed by atoms with Crippen LogP contribution in [0.2, 0.25) is 0 Å². The van der Waals surface area contributed by atoms with Gasteiger partial charge in [-0.15, -0.1) is 11.3 Å². The molecule has 0 aliphatic carbocycles. The zero-order valence-electron chi connectivity index (χ0n) is 9.98. The molecule has 0 radical (unpaired) electrons. The number of likely N-dealkylation sites (tertiary alicyclic amines) is 1. The molecule has 0 amide bonds. The average Bonchev–Trinajstić information content (AvgIpc) is 2.65.